The molecule has 26 heavy (non-hydrogen) atoms. The standard InChI is InChI=1S/C21H22FN3O/c1-14-8-10-18(11-9-14)25-15(2)12-17(16(25)3)13-23-21(26)24-20-7-5-4-6-19(20)22/h4-12H,13H2,1-3H3,(H2,23,24,26). The lowest BCUT2D eigenvalue weighted by molar-refractivity contribution is 0.251. The van der Waals surface area contributed by atoms with Crippen molar-refractivity contribution in [1.82, 2.24) is 9.88 Å². The third-order valence-corrected chi connectivity index (χ3v) is 4.39. The van der Waals surface area contributed by atoms with Crippen molar-refractivity contribution in [2.45, 2.75) is 27.3 Å². The summed E-state index contributed by atoms with van der Waals surface area (Å²) in [5.41, 5.74) is 5.65. The number of hydrogen-bond donors (Lipinski definition) is 2. The topological polar surface area (TPSA) is 46.1 Å². The van der Waals surface area contributed by atoms with Crippen molar-refractivity contribution in [2.24, 2.45) is 0 Å². The predicted octanol–water partition coefficient (Wildman–Crippen LogP) is 4.86. The summed E-state index contributed by atoms with van der Waals surface area (Å²) in [6, 6.07) is 16.0. The highest BCUT2D eigenvalue weighted by Gasteiger charge is 2.12. The smallest absolute Gasteiger partial charge is 0.319 e. The number of aryl methyl sites for hydroxylation is 2. The molecular weight excluding hydrogens is 329 g/mol. The minimum atomic E-state index is -0.458. The van der Waals surface area contributed by atoms with Crippen LogP contribution in [0.2, 0.25) is 0 Å². The van der Waals surface area contributed by atoms with E-state index in [1.807, 2.05) is 13.8 Å². The van der Waals surface area contributed by atoms with E-state index in [1.165, 1.54) is 17.7 Å². The van der Waals surface area contributed by atoms with Gasteiger partial charge in [-0.15, -0.1) is 0 Å². The third-order valence-electron chi connectivity index (χ3n) is 4.39. The number of amides is 2. The minimum absolute atomic E-state index is 0.162. The zero-order valence-corrected chi connectivity index (χ0v) is 15.1. The summed E-state index contributed by atoms with van der Waals surface area (Å²) in [4.78, 5) is 12.1. The SMILES string of the molecule is Cc1ccc(-n2c(C)cc(CNC(=O)Nc3ccccc3F)c2C)cc1. The first-order chi connectivity index (χ1) is 12.5. The minimum Gasteiger partial charge on any atom is -0.334 e. The van der Waals surface area contributed by atoms with Crippen LogP contribution in [0.1, 0.15) is 22.5 Å². The summed E-state index contributed by atoms with van der Waals surface area (Å²) >= 11 is 0. The van der Waals surface area contributed by atoms with Crippen molar-refractivity contribution in [2.75, 3.05) is 5.32 Å². The number of para-hydroxylation sites is 1. The van der Waals surface area contributed by atoms with Gasteiger partial charge in [0.15, 0.2) is 0 Å². The number of benzene rings is 2. The number of nitrogens with one attached hydrogen (secondary N) is 2. The number of hydrogen-bond acceptors (Lipinski definition) is 1. The molecule has 4 nitrogen and oxygen atoms in total. The van der Waals surface area contributed by atoms with E-state index in [4.69, 9.17) is 0 Å². The number of aromatic nitrogens is 1. The van der Waals surface area contributed by atoms with Gasteiger partial charge in [-0.05, 0) is 56.7 Å². The molecule has 3 aromatic rings. The van der Waals surface area contributed by atoms with Crippen LogP contribution in [0.15, 0.2) is 54.6 Å². The highest BCUT2D eigenvalue weighted by molar-refractivity contribution is 5.89. The van der Waals surface area contributed by atoms with Crippen molar-refractivity contribution >= 4 is 11.7 Å². The van der Waals surface area contributed by atoms with Crippen LogP contribution in [-0.4, -0.2) is 10.6 Å². The quantitative estimate of drug-likeness (QED) is 0.692. The molecule has 134 valence electrons. The van der Waals surface area contributed by atoms with Crippen molar-refractivity contribution in [3.05, 3.63) is 82.9 Å². The van der Waals surface area contributed by atoms with E-state index in [1.54, 1.807) is 12.1 Å². The number of carbonyl (C=O) groups is 1. The molecule has 2 aromatic carbocycles. The number of rotatable bonds is 4. The fourth-order valence-corrected chi connectivity index (χ4v) is 3.00. The van der Waals surface area contributed by atoms with Gasteiger partial charge in [-0.1, -0.05) is 29.8 Å². The van der Waals surface area contributed by atoms with Gasteiger partial charge in [0.05, 0.1) is 5.69 Å². The van der Waals surface area contributed by atoms with E-state index < -0.39 is 11.8 Å². The van der Waals surface area contributed by atoms with Gasteiger partial charge in [0, 0.05) is 23.6 Å². The number of halogens is 1. The molecule has 0 fully saturated rings. The van der Waals surface area contributed by atoms with E-state index in [2.05, 4.69) is 52.5 Å². The van der Waals surface area contributed by atoms with Crippen molar-refractivity contribution < 1.29 is 9.18 Å². The van der Waals surface area contributed by atoms with Gasteiger partial charge in [0.2, 0.25) is 0 Å². The van der Waals surface area contributed by atoms with Gasteiger partial charge in [-0.3, -0.25) is 0 Å². The lowest BCUT2D eigenvalue weighted by Gasteiger charge is -2.11. The lowest BCUT2D eigenvalue weighted by atomic mass is 10.2. The van der Waals surface area contributed by atoms with Gasteiger partial charge in [0.1, 0.15) is 5.82 Å². The summed E-state index contributed by atoms with van der Waals surface area (Å²) in [5, 5.41) is 5.31. The lowest BCUT2D eigenvalue weighted by Crippen LogP contribution is -2.28. The zero-order chi connectivity index (χ0) is 18.7. The highest BCUT2D eigenvalue weighted by atomic mass is 19.1. The van der Waals surface area contributed by atoms with Crippen molar-refractivity contribution in [1.29, 1.82) is 0 Å². The highest BCUT2D eigenvalue weighted by Crippen LogP contribution is 2.21. The third kappa shape index (κ3) is 3.77. The molecule has 0 aliphatic rings. The van der Waals surface area contributed by atoms with Crippen LogP contribution < -0.4 is 10.6 Å². The molecule has 0 aliphatic heterocycles. The predicted molar refractivity (Wildman–Crippen MR) is 102 cm³/mol. The second-order valence-corrected chi connectivity index (χ2v) is 6.35. The van der Waals surface area contributed by atoms with E-state index in [0.717, 1.165) is 22.6 Å². The Hall–Kier alpha value is -3.08. The molecule has 5 heteroatoms. The van der Waals surface area contributed by atoms with Gasteiger partial charge in [-0.25, -0.2) is 9.18 Å². The van der Waals surface area contributed by atoms with Crippen LogP contribution in [0.3, 0.4) is 0 Å². The molecule has 0 radical (unpaired) electrons. The molecule has 2 N–H and O–H groups in total. The maximum absolute atomic E-state index is 13.6. The van der Waals surface area contributed by atoms with Crippen LogP contribution >= 0.6 is 0 Å². The largest absolute Gasteiger partial charge is 0.334 e. The molecule has 0 aliphatic carbocycles. The monoisotopic (exact) mass is 351 g/mol. The van der Waals surface area contributed by atoms with Gasteiger partial charge < -0.3 is 15.2 Å². The molecule has 0 atom stereocenters. The van der Waals surface area contributed by atoms with Gasteiger partial charge >= 0.3 is 6.03 Å². The first-order valence-corrected chi connectivity index (χ1v) is 8.50. The van der Waals surface area contributed by atoms with Gasteiger partial charge in [0.25, 0.3) is 0 Å². The molecule has 0 saturated heterocycles. The summed E-state index contributed by atoms with van der Waals surface area (Å²) in [5.74, 6) is -0.458. The fraction of sp³-hybridized carbons (Fsp3) is 0.190. The molecule has 0 unspecified atom stereocenters. The Balaban J connectivity index is 1.71. The maximum Gasteiger partial charge on any atom is 0.319 e. The van der Waals surface area contributed by atoms with Crippen molar-refractivity contribution in [3.8, 4) is 5.69 Å². The second kappa shape index (κ2) is 7.44. The van der Waals surface area contributed by atoms with Crippen molar-refractivity contribution in [3.63, 3.8) is 0 Å². The molecular formula is C21H22FN3O. The molecule has 1 heterocycles. The van der Waals surface area contributed by atoms with E-state index in [9.17, 15) is 9.18 Å². The average molecular weight is 351 g/mol. The van der Waals surface area contributed by atoms with Crippen LogP contribution in [0.4, 0.5) is 14.9 Å². The number of carbonyl (C=O) groups excluding carboxylic acids is 1. The van der Waals surface area contributed by atoms with E-state index >= 15 is 0 Å². The number of urea groups is 1. The Kier molecular flexibility index (Phi) is 5.07. The summed E-state index contributed by atoms with van der Waals surface area (Å²) in [6.07, 6.45) is 0. The molecule has 0 bridgehead atoms. The summed E-state index contributed by atoms with van der Waals surface area (Å²) in [7, 11) is 0. The summed E-state index contributed by atoms with van der Waals surface area (Å²) < 4.78 is 15.8. The molecule has 2 amide bonds. The Morgan fingerprint density at radius 1 is 1.04 bits per heavy atom. The average Bonchev–Trinajstić information content (AvgIpc) is 2.90. The molecule has 3 rings (SSSR count). The summed E-state index contributed by atoms with van der Waals surface area (Å²) in [6.45, 7) is 6.49. The van der Waals surface area contributed by atoms with Crippen LogP contribution in [-0.2, 0) is 6.54 Å². The Bertz CT molecular complexity index is 929. The first-order valence-electron chi connectivity index (χ1n) is 8.50. The normalized spacial score (nSPS) is 10.6. The van der Waals surface area contributed by atoms with Crippen LogP contribution in [0.25, 0.3) is 5.69 Å². The Morgan fingerprint density at radius 3 is 2.42 bits per heavy atom. The van der Waals surface area contributed by atoms with Crippen LogP contribution in [0.5, 0.6) is 0 Å². The second-order valence-electron chi connectivity index (χ2n) is 6.35. The Morgan fingerprint density at radius 2 is 1.73 bits per heavy atom. The van der Waals surface area contributed by atoms with Gasteiger partial charge in [-0.2, -0.15) is 0 Å². The number of nitrogens with zero attached hydrogens (tertiary/aromatic N) is 1. The fourth-order valence-electron chi connectivity index (χ4n) is 3.00. The molecule has 0 saturated carbocycles. The maximum atomic E-state index is 13.6. The van der Waals surface area contributed by atoms with E-state index in [0.29, 0.717) is 6.54 Å². The number of anilines is 1. The Labute approximate surface area is 152 Å². The molecule has 1 aromatic heterocycles. The molecule has 0 spiro atoms. The van der Waals surface area contributed by atoms with Crippen LogP contribution in [0, 0.1) is 26.6 Å². The van der Waals surface area contributed by atoms with E-state index in [-0.39, 0.29) is 5.69 Å². The first kappa shape index (κ1) is 17.7. The zero-order valence-electron chi connectivity index (χ0n) is 15.1.